The van der Waals surface area contributed by atoms with Gasteiger partial charge in [0.2, 0.25) is 4.96 Å². The Bertz CT molecular complexity index is 976. The lowest BCUT2D eigenvalue weighted by Gasteiger charge is -2.11. The number of ether oxygens (including phenoxy) is 1. The van der Waals surface area contributed by atoms with Gasteiger partial charge >= 0.3 is 0 Å². The number of hydrogen-bond donors (Lipinski definition) is 0. The number of rotatable bonds is 5. The van der Waals surface area contributed by atoms with E-state index in [9.17, 15) is 0 Å². The molecule has 0 N–H and O–H groups in total. The van der Waals surface area contributed by atoms with Crippen molar-refractivity contribution < 1.29 is 4.74 Å². The van der Waals surface area contributed by atoms with E-state index in [1.54, 1.807) is 18.4 Å². The Morgan fingerprint density at radius 1 is 1.04 bits per heavy atom. The van der Waals surface area contributed by atoms with E-state index in [-0.39, 0.29) is 5.92 Å². The minimum Gasteiger partial charge on any atom is -0.497 e. The third kappa shape index (κ3) is 2.89. The van der Waals surface area contributed by atoms with E-state index in [2.05, 4.69) is 41.4 Å². The van der Waals surface area contributed by atoms with Crippen LogP contribution in [0, 0.1) is 0 Å². The molecule has 0 saturated heterocycles. The largest absolute Gasteiger partial charge is 0.497 e. The van der Waals surface area contributed by atoms with Crippen molar-refractivity contribution in [1.82, 2.24) is 19.8 Å². The molecular weight excluding hydrogens is 332 g/mol. The summed E-state index contributed by atoms with van der Waals surface area (Å²) in [6, 6.07) is 18.3. The summed E-state index contributed by atoms with van der Waals surface area (Å²) in [4.78, 5) is 0.815. The molecule has 0 aliphatic heterocycles. The lowest BCUT2D eigenvalue weighted by Crippen LogP contribution is -2.01. The lowest BCUT2D eigenvalue weighted by atomic mass is 9.97. The number of nitrogens with zero attached hydrogens (tertiary/aromatic N) is 4. The topological polar surface area (TPSA) is 52.3 Å². The molecule has 0 amide bonds. The molecule has 0 radical (unpaired) electrons. The smallest absolute Gasteiger partial charge is 0.234 e. The zero-order valence-corrected chi connectivity index (χ0v) is 14.9. The zero-order valence-electron chi connectivity index (χ0n) is 14.1. The average Bonchev–Trinajstić information content (AvgIpc) is 3.24. The van der Waals surface area contributed by atoms with Gasteiger partial charge in [0.15, 0.2) is 5.82 Å². The van der Waals surface area contributed by atoms with Gasteiger partial charge in [-0.1, -0.05) is 48.6 Å². The van der Waals surface area contributed by atoms with Crippen LogP contribution in [0.4, 0.5) is 0 Å². The van der Waals surface area contributed by atoms with Crippen LogP contribution in [0.3, 0.4) is 0 Å². The average molecular weight is 350 g/mol. The van der Waals surface area contributed by atoms with Crippen LogP contribution in [0.15, 0.2) is 54.6 Å². The van der Waals surface area contributed by atoms with Gasteiger partial charge in [-0.2, -0.15) is 9.61 Å². The van der Waals surface area contributed by atoms with Crippen LogP contribution in [0.5, 0.6) is 5.75 Å². The van der Waals surface area contributed by atoms with Crippen molar-refractivity contribution in [3.63, 3.8) is 0 Å². The summed E-state index contributed by atoms with van der Waals surface area (Å²) < 4.78 is 7.06. The van der Waals surface area contributed by atoms with E-state index >= 15 is 0 Å². The number of hydrogen-bond acceptors (Lipinski definition) is 5. The maximum absolute atomic E-state index is 5.22. The molecule has 1 atom stereocenters. The highest BCUT2D eigenvalue weighted by Gasteiger charge is 2.20. The van der Waals surface area contributed by atoms with Gasteiger partial charge < -0.3 is 4.74 Å². The molecule has 0 unspecified atom stereocenters. The van der Waals surface area contributed by atoms with Crippen LogP contribution in [0.1, 0.15) is 29.8 Å². The molecule has 2 aromatic heterocycles. The van der Waals surface area contributed by atoms with Crippen LogP contribution < -0.4 is 4.74 Å². The third-order valence-electron chi connectivity index (χ3n) is 4.26. The molecule has 6 heteroatoms. The van der Waals surface area contributed by atoms with E-state index in [0.717, 1.165) is 33.5 Å². The first kappa shape index (κ1) is 15.8. The molecule has 0 spiro atoms. The Kier molecular flexibility index (Phi) is 4.19. The van der Waals surface area contributed by atoms with Crippen molar-refractivity contribution >= 4 is 16.3 Å². The van der Waals surface area contributed by atoms with Gasteiger partial charge in [-0.25, -0.2) is 0 Å². The first-order chi connectivity index (χ1) is 12.3. The standard InChI is InChI=1S/C19H18N4OS/c1-3-16(13-7-5-4-6-8-13)18-22-23-17(20-21-19(23)25-18)14-9-11-15(24-2)12-10-14/h4-12,16H,3H2,1-2H3/t16-/m1/s1. The normalized spacial score (nSPS) is 12.4. The third-order valence-corrected chi connectivity index (χ3v) is 5.28. The van der Waals surface area contributed by atoms with Gasteiger partial charge in [-0.15, -0.1) is 10.2 Å². The highest BCUT2D eigenvalue weighted by Crippen LogP contribution is 2.32. The first-order valence-electron chi connectivity index (χ1n) is 8.21. The molecule has 0 saturated carbocycles. The fourth-order valence-electron chi connectivity index (χ4n) is 2.93. The van der Waals surface area contributed by atoms with Crippen LogP contribution in [-0.4, -0.2) is 26.9 Å². The van der Waals surface area contributed by atoms with Crippen LogP contribution in [0.2, 0.25) is 0 Å². The SMILES string of the molecule is CC[C@H](c1ccccc1)c1nn2c(-c3ccc(OC)cc3)nnc2s1. The lowest BCUT2D eigenvalue weighted by molar-refractivity contribution is 0.415. The van der Waals surface area contributed by atoms with Crippen LogP contribution in [-0.2, 0) is 0 Å². The second-order valence-corrected chi connectivity index (χ2v) is 6.75. The number of methoxy groups -OCH3 is 1. The van der Waals surface area contributed by atoms with Crippen molar-refractivity contribution in [3.05, 3.63) is 65.2 Å². The van der Waals surface area contributed by atoms with E-state index in [0.29, 0.717) is 0 Å². The minimum absolute atomic E-state index is 0.275. The Labute approximate surface area is 149 Å². The van der Waals surface area contributed by atoms with Crippen LogP contribution in [0.25, 0.3) is 16.3 Å². The van der Waals surface area contributed by atoms with E-state index in [4.69, 9.17) is 9.84 Å². The van der Waals surface area contributed by atoms with Crippen molar-refractivity contribution in [1.29, 1.82) is 0 Å². The summed E-state index contributed by atoms with van der Waals surface area (Å²) in [6.45, 7) is 2.18. The van der Waals surface area contributed by atoms with Crippen molar-refractivity contribution in [2.75, 3.05) is 7.11 Å². The van der Waals surface area contributed by atoms with Gasteiger partial charge in [0.1, 0.15) is 10.8 Å². The molecule has 4 rings (SSSR count). The Morgan fingerprint density at radius 3 is 2.48 bits per heavy atom. The van der Waals surface area contributed by atoms with Gasteiger partial charge in [0, 0.05) is 11.5 Å². The van der Waals surface area contributed by atoms with Gasteiger partial charge in [0.25, 0.3) is 0 Å². The molecule has 0 aliphatic carbocycles. The fraction of sp³-hybridized carbons (Fsp3) is 0.211. The minimum atomic E-state index is 0.275. The summed E-state index contributed by atoms with van der Waals surface area (Å²) in [5.41, 5.74) is 2.25. The summed E-state index contributed by atoms with van der Waals surface area (Å²) in [5, 5.41) is 14.5. The molecular formula is C19H18N4OS. The Morgan fingerprint density at radius 2 is 1.80 bits per heavy atom. The molecule has 0 aliphatic rings. The molecule has 5 nitrogen and oxygen atoms in total. The Balaban J connectivity index is 1.74. The van der Waals surface area contributed by atoms with Gasteiger partial charge in [-0.05, 0) is 36.2 Å². The maximum atomic E-state index is 5.22. The molecule has 4 aromatic rings. The highest BCUT2D eigenvalue weighted by atomic mass is 32.1. The maximum Gasteiger partial charge on any atom is 0.234 e. The molecule has 0 fully saturated rings. The predicted molar refractivity (Wildman–Crippen MR) is 99.2 cm³/mol. The monoisotopic (exact) mass is 350 g/mol. The Hall–Kier alpha value is -2.73. The quantitative estimate of drug-likeness (QED) is 0.535. The number of benzene rings is 2. The van der Waals surface area contributed by atoms with E-state index in [1.807, 2.05) is 34.8 Å². The van der Waals surface area contributed by atoms with Crippen molar-refractivity contribution in [3.8, 4) is 17.1 Å². The van der Waals surface area contributed by atoms with Gasteiger partial charge in [-0.3, -0.25) is 0 Å². The van der Waals surface area contributed by atoms with Crippen LogP contribution >= 0.6 is 11.3 Å². The van der Waals surface area contributed by atoms with Crippen molar-refractivity contribution in [2.45, 2.75) is 19.3 Å². The first-order valence-corrected chi connectivity index (χ1v) is 9.03. The van der Waals surface area contributed by atoms with E-state index < -0.39 is 0 Å². The zero-order chi connectivity index (χ0) is 17.2. The second kappa shape index (κ2) is 6.64. The number of aromatic nitrogens is 4. The van der Waals surface area contributed by atoms with Gasteiger partial charge in [0.05, 0.1) is 7.11 Å². The molecule has 0 bridgehead atoms. The molecule has 25 heavy (non-hydrogen) atoms. The molecule has 2 aromatic carbocycles. The predicted octanol–water partition coefficient (Wildman–Crippen LogP) is 4.40. The number of fused-ring (bicyclic) bond motifs is 1. The summed E-state index contributed by atoms with van der Waals surface area (Å²) in [5.74, 6) is 1.85. The van der Waals surface area contributed by atoms with Crippen molar-refractivity contribution in [2.24, 2.45) is 0 Å². The second-order valence-electron chi connectivity index (χ2n) is 5.76. The summed E-state index contributed by atoms with van der Waals surface area (Å²) >= 11 is 1.60. The van der Waals surface area contributed by atoms with E-state index in [1.165, 1.54) is 5.56 Å². The molecule has 2 heterocycles. The highest BCUT2D eigenvalue weighted by molar-refractivity contribution is 7.16. The summed E-state index contributed by atoms with van der Waals surface area (Å²) in [6.07, 6.45) is 0.992. The molecule has 126 valence electrons. The fourth-order valence-corrected chi connectivity index (χ4v) is 3.98. The summed E-state index contributed by atoms with van der Waals surface area (Å²) in [7, 11) is 1.66.